The SMILES string of the molecule is CCNC1CCN(c2cc(F)c(C(=O)Nc3cc(F)c4nc(C)cn4c3)c3[nH]ncc23)CC1. The minimum Gasteiger partial charge on any atom is -0.371 e. The summed E-state index contributed by atoms with van der Waals surface area (Å²) in [5.41, 5.74) is 1.88. The van der Waals surface area contributed by atoms with Gasteiger partial charge in [0.05, 0.1) is 28.8 Å². The second-order valence-corrected chi connectivity index (χ2v) is 8.37. The third-order valence-corrected chi connectivity index (χ3v) is 6.11. The smallest absolute Gasteiger partial charge is 0.260 e. The number of halogens is 2. The summed E-state index contributed by atoms with van der Waals surface area (Å²) in [5.74, 6) is -1.92. The van der Waals surface area contributed by atoms with Crippen LogP contribution in [0.2, 0.25) is 0 Å². The van der Waals surface area contributed by atoms with Crippen LogP contribution < -0.4 is 15.5 Å². The number of piperidine rings is 1. The van der Waals surface area contributed by atoms with Gasteiger partial charge in [0.2, 0.25) is 0 Å². The number of H-pyrrole nitrogens is 1. The van der Waals surface area contributed by atoms with E-state index in [0.717, 1.165) is 32.5 Å². The van der Waals surface area contributed by atoms with Crippen LogP contribution in [0.25, 0.3) is 16.6 Å². The number of anilines is 2. The van der Waals surface area contributed by atoms with Gasteiger partial charge in [-0.3, -0.25) is 9.89 Å². The fourth-order valence-electron chi connectivity index (χ4n) is 4.60. The third kappa shape index (κ3) is 3.91. The molecule has 3 N–H and O–H groups in total. The number of benzene rings is 1. The molecule has 172 valence electrons. The van der Waals surface area contributed by atoms with Gasteiger partial charge in [0, 0.05) is 43.0 Å². The van der Waals surface area contributed by atoms with Crippen LogP contribution in [0.4, 0.5) is 20.2 Å². The first kappa shape index (κ1) is 21.3. The molecule has 0 spiro atoms. The normalized spacial score (nSPS) is 15.0. The average molecular weight is 453 g/mol. The van der Waals surface area contributed by atoms with E-state index in [1.165, 1.54) is 16.5 Å². The molecule has 0 radical (unpaired) electrons. The molecule has 0 unspecified atom stereocenters. The molecule has 10 heteroatoms. The van der Waals surface area contributed by atoms with Crippen LogP contribution in [-0.2, 0) is 0 Å². The zero-order valence-electron chi connectivity index (χ0n) is 18.5. The summed E-state index contributed by atoms with van der Waals surface area (Å²) in [7, 11) is 0. The first-order valence-electron chi connectivity index (χ1n) is 11.0. The van der Waals surface area contributed by atoms with Gasteiger partial charge in [0.1, 0.15) is 11.4 Å². The van der Waals surface area contributed by atoms with Crippen molar-refractivity contribution in [3.63, 3.8) is 0 Å². The highest BCUT2D eigenvalue weighted by Gasteiger charge is 2.25. The molecule has 0 bridgehead atoms. The average Bonchev–Trinajstić information content (AvgIpc) is 3.40. The van der Waals surface area contributed by atoms with Crippen molar-refractivity contribution in [1.82, 2.24) is 24.9 Å². The Kier molecular flexibility index (Phi) is 5.45. The number of pyridine rings is 1. The Morgan fingerprint density at radius 2 is 2.00 bits per heavy atom. The number of rotatable bonds is 5. The number of carbonyl (C=O) groups excluding carboxylic acids is 1. The molecule has 0 atom stereocenters. The maximum absolute atomic E-state index is 15.3. The summed E-state index contributed by atoms with van der Waals surface area (Å²) in [5, 5.41) is 13.6. The molecule has 1 fully saturated rings. The van der Waals surface area contributed by atoms with E-state index in [2.05, 4.69) is 37.6 Å². The van der Waals surface area contributed by atoms with Gasteiger partial charge < -0.3 is 19.9 Å². The molecule has 0 saturated carbocycles. The Morgan fingerprint density at radius 3 is 2.76 bits per heavy atom. The number of nitrogens with zero attached hydrogens (tertiary/aromatic N) is 4. The van der Waals surface area contributed by atoms with Crippen LogP contribution in [0, 0.1) is 18.6 Å². The minimum absolute atomic E-state index is 0.156. The van der Waals surface area contributed by atoms with Gasteiger partial charge in [-0.1, -0.05) is 6.92 Å². The van der Waals surface area contributed by atoms with Crippen molar-refractivity contribution < 1.29 is 13.6 Å². The zero-order chi connectivity index (χ0) is 23.1. The number of fused-ring (bicyclic) bond motifs is 2. The summed E-state index contributed by atoms with van der Waals surface area (Å²) in [4.78, 5) is 19.3. The predicted octanol–water partition coefficient (Wildman–Crippen LogP) is 3.63. The van der Waals surface area contributed by atoms with Crippen molar-refractivity contribution >= 4 is 33.8 Å². The summed E-state index contributed by atoms with van der Waals surface area (Å²) < 4.78 is 31.1. The summed E-state index contributed by atoms with van der Waals surface area (Å²) >= 11 is 0. The van der Waals surface area contributed by atoms with Crippen molar-refractivity contribution in [2.24, 2.45) is 0 Å². The van der Waals surface area contributed by atoms with Crippen LogP contribution in [0.15, 0.2) is 30.7 Å². The molecule has 0 aliphatic carbocycles. The number of imidazole rings is 1. The number of aromatic amines is 1. The predicted molar refractivity (Wildman–Crippen MR) is 123 cm³/mol. The molecule has 4 heterocycles. The maximum Gasteiger partial charge on any atom is 0.260 e. The van der Waals surface area contributed by atoms with Crippen molar-refractivity contribution in [3.05, 3.63) is 53.6 Å². The van der Waals surface area contributed by atoms with Gasteiger partial charge in [-0.2, -0.15) is 5.10 Å². The van der Waals surface area contributed by atoms with Crippen LogP contribution in [0.3, 0.4) is 0 Å². The standard InChI is InChI=1S/C23H25F2N7O/c1-3-26-14-4-6-31(7-5-14)19-9-17(24)20(21-16(19)10-27-30-21)23(33)29-15-8-18(25)22-28-13(2)11-32(22)12-15/h8-12,14,26H,3-7H2,1-2H3,(H,27,30)(H,29,33). The van der Waals surface area contributed by atoms with Crippen LogP contribution in [0.5, 0.6) is 0 Å². The van der Waals surface area contributed by atoms with Crippen molar-refractivity contribution in [2.45, 2.75) is 32.7 Å². The molecular weight excluding hydrogens is 428 g/mol. The molecule has 3 aromatic heterocycles. The Morgan fingerprint density at radius 1 is 1.21 bits per heavy atom. The molecule has 1 aliphatic heterocycles. The van der Waals surface area contributed by atoms with E-state index in [9.17, 15) is 9.18 Å². The fourth-order valence-corrected chi connectivity index (χ4v) is 4.60. The van der Waals surface area contributed by atoms with Crippen molar-refractivity contribution in [3.8, 4) is 0 Å². The molecular formula is C23H25F2N7O. The van der Waals surface area contributed by atoms with E-state index in [1.807, 2.05) is 0 Å². The van der Waals surface area contributed by atoms with E-state index < -0.39 is 17.5 Å². The number of hydrogen-bond acceptors (Lipinski definition) is 5. The lowest BCUT2D eigenvalue weighted by atomic mass is 10.0. The molecule has 1 saturated heterocycles. The number of aromatic nitrogens is 4. The van der Waals surface area contributed by atoms with E-state index in [-0.39, 0.29) is 16.9 Å². The molecule has 5 rings (SSSR count). The molecule has 8 nitrogen and oxygen atoms in total. The van der Waals surface area contributed by atoms with Crippen LogP contribution in [0.1, 0.15) is 35.8 Å². The molecule has 1 aliphatic rings. The third-order valence-electron chi connectivity index (χ3n) is 6.11. The van der Waals surface area contributed by atoms with Gasteiger partial charge in [-0.05, 0) is 32.4 Å². The highest BCUT2D eigenvalue weighted by atomic mass is 19.1. The number of carbonyl (C=O) groups is 1. The zero-order valence-corrected chi connectivity index (χ0v) is 18.5. The molecule has 4 aromatic rings. The number of amides is 1. The van der Waals surface area contributed by atoms with Crippen molar-refractivity contribution in [1.29, 1.82) is 0 Å². The number of nitrogens with one attached hydrogen (secondary N) is 3. The maximum atomic E-state index is 15.3. The lowest BCUT2D eigenvalue weighted by Crippen LogP contribution is -2.42. The summed E-state index contributed by atoms with van der Waals surface area (Å²) in [6.07, 6.45) is 6.71. The minimum atomic E-state index is -0.685. The quantitative estimate of drug-likeness (QED) is 0.429. The Hall–Kier alpha value is -3.53. The van der Waals surface area contributed by atoms with Gasteiger partial charge in [-0.25, -0.2) is 13.8 Å². The Bertz CT molecular complexity index is 1340. The monoisotopic (exact) mass is 453 g/mol. The second-order valence-electron chi connectivity index (χ2n) is 8.37. The summed E-state index contributed by atoms with van der Waals surface area (Å²) in [6.45, 7) is 6.33. The highest BCUT2D eigenvalue weighted by molar-refractivity contribution is 6.14. The highest BCUT2D eigenvalue weighted by Crippen LogP contribution is 2.32. The van der Waals surface area contributed by atoms with Crippen LogP contribution >= 0.6 is 0 Å². The van der Waals surface area contributed by atoms with Gasteiger partial charge in [0.15, 0.2) is 11.5 Å². The fraction of sp³-hybridized carbons (Fsp3) is 0.348. The van der Waals surface area contributed by atoms with Gasteiger partial charge in [0.25, 0.3) is 5.91 Å². The largest absolute Gasteiger partial charge is 0.371 e. The Labute approximate surface area is 189 Å². The topological polar surface area (TPSA) is 90.4 Å². The lowest BCUT2D eigenvalue weighted by Gasteiger charge is -2.34. The number of hydrogen-bond donors (Lipinski definition) is 3. The second kappa shape index (κ2) is 8.43. The van der Waals surface area contributed by atoms with E-state index >= 15 is 4.39 Å². The van der Waals surface area contributed by atoms with Gasteiger partial charge >= 0.3 is 0 Å². The first-order chi connectivity index (χ1) is 15.9. The Balaban J connectivity index is 1.45. The molecule has 1 amide bonds. The van der Waals surface area contributed by atoms with Crippen molar-refractivity contribution in [2.75, 3.05) is 29.9 Å². The lowest BCUT2D eigenvalue weighted by molar-refractivity contribution is 0.102. The van der Waals surface area contributed by atoms with E-state index in [1.54, 1.807) is 25.5 Å². The van der Waals surface area contributed by atoms with Crippen LogP contribution in [-0.4, -0.2) is 51.2 Å². The van der Waals surface area contributed by atoms with E-state index in [0.29, 0.717) is 28.3 Å². The van der Waals surface area contributed by atoms with Gasteiger partial charge in [-0.15, -0.1) is 0 Å². The first-order valence-corrected chi connectivity index (χ1v) is 11.0. The summed E-state index contributed by atoms with van der Waals surface area (Å²) in [6, 6.07) is 3.02. The number of aryl methyl sites for hydroxylation is 1. The molecule has 33 heavy (non-hydrogen) atoms. The van der Waals surface area contributed by atoms with E-state index in [4.69, 9.17) is 0 Å². The molecule has 1 aromatic carbocycles.